The molecule has 10 nitrogen and oxygen atoms in total. The highest BCUT2D eigenvalue weighted by molar-refractivity contribution is 7.89. The fraction of sp³-hybridized carbons (Fsp3) is 0.167. The highest BCUT2D eigenvalue weighted by atomic mass is 32.2. The number of aromatic amines is 1. The number of anilines is 1. The number of sulfonamides is 1. The summed E-state index contributed by atoms with van der Waals surface area (Å²) < 4.78 is 36.7. The molecule has 152 valence electrons. The van der Waals surface area contributed by atoms with Crippen LogP contribution in [0.4, 0.5) is 5.69 Å². The number of hydrogen-bond acceptors (Lipinski definition) is 7. The molecule has 0 aliphatic rings. The predicted molar refractivity (Wildman–Crippen MR) is 104 cm³/mol. The molecular weight excluding hydrogens is 400 g/mol. The van der Waals surface area contributed by atoms with Crippen LogP contribution < -0.4 is 20.5 Å². The van der Waals surface area contributed by atoms with Crippen molar-refractivity contribution in [2.75, 3.05) is 12.4 Å². The molecule has 0 unspecified atom stereocenters. The first-order chi connectivity index (χ1) is 13.8. The number of benzene rings is 2. The minimum Gasteiger partial charge on any atom is -0.497 e. The Morgan fingerprint density at radius 1 is 1.21 bits per heavy atom. The summed E-state index contributed by atoms with van der Waals surface area (Å²) >= 11 is 0. The topological polar surface area (TPSA) is 143 Å². The van der Waals surface area contributed by atoms with Crippen LogP contribution in [0.25, 0.3) is 11.4 Å². The number of ether oxygens (including phenoxy) is 1. The van der Waals surface area contributed by atoms with E-state index in [-0.39, 0.29) is 10.7 Å². The number of aromatic nitrogens is 2. The van der Waals surface area contributed by atoms with Gasteiger partial charge in [0.25, 0.3) is 0 Å². The Kier molecular flexibility index (Phi) is 5.80. The summed E-state index contributed by atoms with van der Waals surface area (Å²) in [7, 11) is -2.42. The Labute approximate surface area is 165 Å². The van der Waals surface area contributed by atoms with E-state index in [1.165, 1.54) is 38.3 Å². The van der Waals surface area contributed by atoms with Gasteiger partial charge >= 0.3 is 5.76 Å². The van der Waals surface area contributed by atoms with E-state index < -0.39 is 27.7 Å². The van der Waals surface area contributed by atoms with Crippen LogP contribution in [0.15, 0.2) is 62.7 Å². The summed E-state index contributed by atoms with van der Waals surface area (Å²) in [5.41, 5.74) is 0.909. The van der Waals surface area contributed by atoms with Crippen molar-refractivity contribution < 1.29 is 22.5 Å². The van der Waals surface area contributed by atoms with Gasteiger partial charge in [0.15, 0.2) is 5.82 Å². The Bertz CT molecular complexity index is 1170. The summed E-state index contributed by atoms with van der Waals surface area (Å²) in [4.78, 5) is 25.9. The normalized spacial score (nSPS) is 12.3. The van der Waals surface area contributed by atoms with Crippen LogP contribution in [0.3, 0.4) is 0 Å². The molecule has 0 saturated heterocycles. The van der Waals surface area contributed by atoms with Crippen molar-refractivity contribution >= 4 is 21.6 Å². The minimum atomic E-state index is -3.90. The molecule has 0 aliphatic carbocycles. The van der Waals surface area contributed by atoms with Crippen LogP contribution in [0.2, 0.25) is 0 Å². The van der Waals surface area contributed by atoms with Crippen LogP contribution in [0, 0.1) is 0 Å². The molecule has 0 bridgehead atoms. The maximum atomic E-state index is 12.5. The fourth-order valence-corrected chi connectivity index (χ4v) is 3.66. The second-order valence-corrected chi connectivity index (χ2v) is 7.75. The van der Waals surface area contributed by atoms with Crippen LogP contribution in [0.1, 0.15) is 6.92 Å². The molecule has 0 aliphatic heterocycles. The van der Waals surface area contributed by atoms with Gasteiger partial charge in [-0.25, -0.2) is 13.2 Å². The van der Waals surface area contributed by atoms with E-state index in [9.17, 15) is 18.0 Å². The maximum Gasteiger partial charge on any atom is 0.439 e. The number of hydrogen-bond donors (Lipinski definition) is 3. The zero-order valence-electron chi connectivity index (χ0n) is 15.5. The van der Waals surface area contributed by atoms with Gasteiger partial charge in [0.1, 0.15) is 5.75 Å². The Morgan fingerprint density at radius 2 is 1.93 bits per heavy atom. The summed E-state index contributed by atoms with van der Waals surface area (Å²) in [6.45, 7) is 1.43. The van der Waals surface area contributed by atoms with E-state index in [4.69, 9.17) is 4.74 Å². The summed E-state index contributed by atoms with van der Waals surface area (Å²) in [6, 6.07) is 11.2. The van der Waals surface area contributed by atoms with Crippen LogP contribution in [-0.2, 0) is 14.8 Å². The Hall–Kier alpha value is -3.44. The lowest BCUT2D eigenvalue weighted by atomic mass is 10.2. The van der Waals surface area contributed by atoms with E-state index in [0.717, 1.165) is 0 Å². The van der Waals surface area contributed by atoms with Gasteiger partial charge in [0, 0.05) is 11.3 Å². The number of nitrogens with zero attached hydrogens (tertiary/aromatic N) is 1. The van der Waals surface area contributed by atoms with Gasteiger partial charge in [-0.1, -0.05) is 17.3 Å². The number of carbonyl (C=O) groups excluding carboxylic acids is 1. The van der Waals surface area contributed by atoms with Crippen molar-refractivity contribution in [1.29, 1.82) is 0 Å². The first kappa shape index (κ1) is 20.3. The highest BCUT2D eigenvalue weighted by Crippen LogP contribution is 2.19. The number of carbonyl (C=O) groups is 1. The van der Waals surface area contributed by atoms with E-state index >= 15 is 0 Å². The molecule has 0 fully saturated rings. The average molecular weight is 418 g/mol. The molecule has 1 heterocycles. The van der Waals surface area contributed by atoms with Gasteiger partial charge in [-0.15, -0.1) is 0 Å². The zero-order valence-corrected chi connectivity index (χ0v) is 16.3. The Balaban J connectivity index is 1.69. The van der Waals surface area contributed by atoms with E-state index in [1.54, 1.807) is 24.3 Å². The lowest BCUT2D eigenvalue weighted by Crippen LogP contribution is -2.41. The molecule has 3 N–H and O–H groups in total. The quantitative estimate of drug-likeness (QED) is 0.525. The lowest BCUT2D eigenvalue weighted by Gasteiger charge is -2.15. The summed E-state index contributed by atoms with van der Waals surface area (Å²) in [6.07, 6.45) is 0. The largest absolute Gasteiger partial charge is 0.497 e. The van der Waals surface area contributed by atoms with Crippen molar-refractivity contribution in [3.8, 4) is 17.1 Å². The number of methoxy groups -OCH3 is 1. The SMILES string of the molecule is COc1ccc(S(=O)(=O)N[C@@H](C)C(=O)Nc2cccc(-c3noc(=O)[nH]3)c2)cc1. The van der Waals surface area contributed by atoms with Crippen molar-refractivity contribution in [1.82, 2.24) is 14.9 Å². The first-order valence-corrected chi connectivity index (χ1v) is 9.90. The molecule has 3 aromatic rings. The second kappa shape index (κ2) is 8.29. The number of H-pyrrole nitrogens is 1. The van der Waals surface area contributed by atoms with Crippen LogP contribution in [-0.4, -0.2) is 37.6 Å². The van der Waals surface area contributed by atoms with Crippen LogP contribution in [0.5, 0.6) is 5.75 Å². The van der Waals surface area contributed by atoms with Gasteiger partial charge in [-0.2, -0.15) is 4.72 Å². The summed E-state index contributed by atoms with van der Waals surface area (Å²) in [5, 5.41) is 6.19. The molecule has 0 saturated carbocycles. The van der Waals surface area contributed by atoms with Crippen molar-refractivity contribution in [2.24, 2.45) is 0 Å². The highest BCUT2D eigenvalue weighted by Gasteiger charge is 2.22. The minimum absolute atomic E-state index is 0.00920. The third-order valence-corrected chi connectivity index (χ3v) is 5.50. The molecular formula is C18H18N4O6S. The van der Waals surface area contributed by atoms with E-state index in [1.807, 2.05) is 0 Å². The molecule has 1 aromatic heterocycles. The molecule has 0 spiro atoms. The number of nitrogens with one attached hydrogen (secondary N) is 3. The molecule has 1 amide bonds. The van der Waals surface area contributed by atoms with Gasteiger partial charge in [0.2, 0.25) is 15.9 Å². The average Bonchev–Trinajstić information content (AvgIpc) is 3.14. The van der Waals surface area contributed by atoms with Crippen molar-refractivity contribution in [2.45, 2.75) is 17.9 Å². The second-order valence-electron chi connectivity index (χ2n) is 6.03. The molecule has 29 heavy (non-hydrogen) atoms. The van der Waals surface area contributed by atoms with Gasteiger partial charge in [0.05, 0.1) is 18.0 Å². The number of rotatable bonds is 7. The molecule has 2 aromatic carbocycles. The smallest absolute Gasteiger partial charge is 0.439 e. The third kappa shape index (κ3) is 4.89. The Morgan fingerprint density at radius 3 is 2.55 bits per heavy atom. The molecule has 0 radical (unpaired) electrons. The fourth-order valence-electron chi connectivity index (χ4n) is 2.46. The van der Waals surface area contributed by atoms with Gasteiger partial charge in [-0.05, 0) is 43.3 Å². The van der Waals surface area contributed by atoms with E-state index in [2.05, 4.69) is 24.7 Å². The third-order valence-electron chi connectivity index (χ3n) is 3.94. The van der Waals surface area contributed by atoms with Crippen molar-refractivity contribution in [3.05, 3.63) is 59.1 Å². The zero-order chi connectivity index (χ0) is 21.0. The monoisotopic (exact) mass is 418 g/mol. The van der Waals surface area contributed by atoms with E-state index in [0.29, 0.717) is 17.0 Å². The van der Waals surface area contributed by atoms with Crippen LogP contribution >= 0.6 is 0 Å². The first-order valence-electron chi connectivity index (χ1n) is 8.42. The molecule has 11 heteroatoms. The van der Waals surface area contributed by atoms with Gasteiger partial charge in [-0.3, -0.25) is 14.3 Å². The standard InChI is InChI=1S/C18H18N4O6S/c1-11(22-29(25,26)15-8-6-14(27-2)7-9-15)17(23)19-13-5-3-4-12(10-13)16-20-18(24)28-21-16/h3-11,22H,1-2H3,(H,19,23)(H,20,21,24)/t11-/m0/s1. The van der Waals surface area contributed by atoms with Gasteiger partial charge < -0.3 is 10.1 Å². The molecule has 3 rings (SSSR count). The molecule has 1 atom stereocenters. The van der Waals surface area contributed by atoms with Crippen molar-refractivity contribution in [3.63, 3.8) is 0 Å². The number of amides is 1. The summed E-state index contributed by atoms with van der Waals surface area (Å²) in [5.74, 6) is -0.536. The maximum absolute atomic E-state index is 12.5. The predicted octanol–water partition coefficient (Wildman–Crippen LogP) is 1.34. The lowest BCUT2D eigenvalue weighted by molar-refractivity contribution is -0.117.